The predicted molar refractivity (Wildman–Crippen MR) is 72.7 cm³/mol. The van der Waals surface area contributed by atoms with Crippen molar-refractivity contribution in [1.29, 1.82) is 0 Å². The number of hydrogen-bond donors (Lipinski definition) is 0. The van der Waals surface area contributed by atoms with Crippen LogP contribution in [0.1, 0.15) is 51.6 Å². The van der Waals surface area contributed by atoms with Crippen molar-refractivity contribution < 1.29 is 9.59 Å². The van der Waals surface area contributed by atoms with Crippen LogP contribution in [0.2, 0.25) is 0 Å². The molecule has 0 fully saturated rings. The van der Waals surface area contributed by atoms with Gasteiger partial charge in [0.1, 0.15) is 0 Å². The maximum atomic E-state index is 11.2. The van der Waals surface area contributed by atoms with Gasteiger partial charge < -0.3 is 0 Å². The van der Waals surface area contributed by atoms with E-state index in [1.54, 1.807) is 6.07 Å². The van der Waals surface area contributed by atoms with Crippen LogP contribution in [0.4, 0.5) is 0 Å². The van der Waals surface area contributed by atoms with Gasteiger partial charge in [0.05, 0.1) is 0 Å². The van der Waals surface area contributed by atoms with E-state index >= 15 is 0 Å². The average Bonchev–Trinajstić information content (AvgIpc) is 2.55. The van der Waals surface area contributed by atoms with Crippen LogP contribution >= 0.6 is 0 Å². The van der Waals surface area contributed by atoms with Crippen LogP contribution < -0.4 is 0 Å². The third kappa shape index (κ3) is 1.94. The van der Waals surface area contributed by atoms with Gasteiger partial charge in [-0.3, -0.25) is 9.59 Å². The van der Waals surface area contributed by atoms with E-state index in [4.69, 9.17) is 0 Å². The fourth-order valence-electron chi connectivity index (χ4n) is 2.28. The molecule has 0 unspecified atom stereocenters. The molecule has 0 saturated heterocycles. The SMILES string of the molecule is Cc1cc(C=O)c2c(C=O)ccc(C(C)C)cc1-2. The molecular formula is C16H16O2. The third-order valence-electron chi connectivity index (χ3n) is 3.33. The van der Waals surface area contributed by atoms with Crippen LogP contribution in [-0.4, -0.2) is 12.6 Å². The minimum Gasteiger partial charge on any atom is -0.298 e. The highest BCUT2D eigenvalue weighted by molar-refractivity contribution is 5.99. The zero-order valence-electron chi connectivity index (χ0n) is 10.9. The maximum Gasteiger partial charge on any atom is 0.150 e. The predicted octanol–water partition coefficient (Wildman–Crippen LogP) is 3.85. The number of aldehydes is 2. The summed E-state index contributed by atoms with van der Waals surface area (Å²) in [6.45, 7) is 6.19. The molecule has 2 aliphatic carbocycles. The Morgan fingerprint density at radius 1 is 1.00 bits per heavy atom. The molecule has 92 valence electrons. The lowest BCUT2D eigenvalue weighted by atomic mass is 10.0. The highest BCUT2D eigenvalue weighted by atomic mass is 16.1. The van der Waals surface area contributed by atoms with Crippen molar-refractivity contribution in [3.8, 4) is 11.1 Å². The van der Waals surface area contributed by atoms with E-state index in [0.29, 0.717) is 17.0 Å². The minimum atomic E-state index is 0.383. The molecule has 0 atom stereocenters. The monoisotopic (exact) mass is 240 g/mol. The van der Waals surface area contributed by atoms with Crippen LogP contribution in [-0.2, 0) is 0 Å². The number of hydrogen-bond acceptors (Lipinski definition) is 2. The first kappa shape index (κ1) is 12.5. The van der Waals surface area contributed by atoms with Crippen LogP contribution in [0.5, 0.6) is 0 Å². The Morgan fingerprint density at radius 2 is 1.67 bits per heavy atom. The van der Waals surface area contributed by atoms with Gasteiger partial charge >= 0.3 is 0 Å². The van der Waals surface area contributed by atoms with Gasteiger partial charge in [-0.05, 0) is 35.6 Å². The minimum absolute atomic E-state index is 0.383. The lowest BCUT2D eigenvalue weighted by Crippen LogP contribution is -1.86. The van der Waals surface area contributed by atoms with Crippen molar-refractivity contribution >= 4 is 12.6 Å². The highest BCUT2D eigenvalue weighted by Gasteiger charge is 2.17. The van der Waals surface area contributed by atoms with Crippen molar-refractivity contribution in [3.05, 3.63) is 46.5 Å². The lowest BCUT2D eigenvalue weighted by molar-refractivity contribution is 0.112. The van der Waals surface area contributed by atoms with E-state index in [9.17, 15) is 9.59 Å². The fraction of sp³-hybridized carbons (Fsp3) is 0.250. The van der Waals surface area contributed by atoms with E-state index < -0.39 is 0 Å². The van der Waals surface area contributed by atoms with E-state index in [1.807, 2.05) is 19.1 Å². The summed E-state index contributed by atoms with van der Waals surface area (Å²) >= 11 is 0. The number of fused-ring (bicyclic) bond motifs is 1. The number of carbonyl (C=O) groups excluding carboxylic acids is 2. The number of aryl methyl sites for hydroxylation is 1. The summed E-state index contributed by atoms with van der Waals surface area (Å²) in [6, 6.07) is 7.68. The average molecular weight is 240 g/mol. The molecule has 2 heteroatoms. The molecule has 0 aromatic rings. The lowest BCUT2D eigenvalue weighted by Gasteiger charge is -2.03. The molecule has 0 aromatic carbocycles. The molecule has 2 rings (SSSR count). The van der Waals surface area contributed by atoms with Gasteiger partial charge in [0, 0.05) is 16.7 Å². The molecule has 2 nitrogen and oxygen atoms in total. The van der Waals surface area contributed by atoms with Crippen molar-refractivity contribution in [2.75, 3.05) is 0 Å². The summed E-state index contributed by atoms with van der Waals surface area (Å²) in [7, 11) is 0. The standard InChI is InChI=1S/C16H16O2/c1-10(2)12-4-5-13(8-17)16-14(9-18)6-11(3)15(16)7-12/h4-10H,1-3H3. The molecule has 2 aliphatic rings. The van der Waals surface area contributed by atoms with Crippen molar-refractivity contribution in [2.24, 2.45) is 0 Å². The Kier molecular flexibility index (Phi) is 3.28. The smallest absolute Gasteiger partial charge is 0.150 e. The molecule has 0 N–H and O–H groups in total. The molecule has 0 spiro atoms. The van der Waals surface area contributed by atoms with Gasteiger partial charge in [-0.15, -0.1) is 0 Å². The quantitative estimate of drug-likeness (QED) is 0.764. The first-order chi connectivity index (χ1) is 8.58. The summed E-state index contributed by atoms with van der Waals surface area (Å²) in [5, 5.41) is 0. The van der Waals surface area contributed by atoms with Gasteiger partial charge in [0.2, 0.25) is 0 Å². The molecular weight excluding hydrogens is 224 g/mol. The number of rotatable bonds is 3. The Labute approximate surface area is 107 Å². The third-order valence-corrected chi connectivity index (χ3v) is 3.33. The molecule has 0 bridgehead atoms. The van der Waals surface area contributed by atoms with Crippen LogP contribution in [0.3, 0.4) is 0 Å². The van der Waals surface area contributed by atoms with Gasteiger partial charge in [-0.2, -0.15) is 0 Å². The van der Waals surface area contributed by atoms with E-state index in [2.05, 4.69) is 19.9 Å². The van der Waals surface area contributed by atoms with Crippen LogP contribution in [0.15, 0.2) is 24.3 Å². The Balaban J connectivity index is 2.84. The molecule has 0 aromatic heterocycles. The highest BCUT2D eigenvalue weighted by Crippen LogP contribution is 2.34. The van der Waals surface area contributed by atoms with Gasteiger partial charge in [0.25, 0.3) is 0 Å². The summed E-state index contributed by atoms with van der Waals surface area (Å²) in [4.78, 5) is 22.3. The normalized spacial score (nSPS) is 10.9. The molecule has 0 radical (unpaired) electrons. The topological polar surface area (TPSA) is 34.1 Å². The Bertz CT molecular complexity index is 582. The molecule has 18 heavy (non-hydrogen) atoms. The van der Waals surface area contributed by atoms with Crippen molar-refractivity contribution in [3.63, 3.8) is 0 Å². The largest absolute Gasteiger partial charge is 0.298 e. The summed E-state index contributed by atoms with van der Waals surface area (Å²) in [5.74, 6) is 0.383. The van der Waals surface area contributed by atoms with Crippen LogP contribution in [0, 0.1) is 6.92 Å². The van der Waals surface area contributed by atoms with Gasteiger partial charge in [0.15, 0.2) is 12.6 Å². The zero-order chi connectivity index (χ0) is 13.3. The first-order valence-electron chi connectivity index (χ1n) is 6.06. The summed E-state index contributed by atoms with van der Waals surface area (Å²) in [5.41, 5.74) is 5.13. The molecule has 0 saturated carbocycles. The Hall–Kier alpha value is -1.96. The Morgan fingerprint density at radius 3 is 2.22 bits per heavy atom. The summed E-state index contributed by atoms with van der Waals surface area (Å²) < 4.78 is 0. The van der Waals surface area contributed by atoms with Crippen LogP contribution in [0.25, 0.3) is 11.1 Å². The van der Waals surface area contributed by atoms with E-state index in [-0.39, 0.29) is 0 Å². The molecule has 0 aliphatic heterocycles. The number of carbonyl (C=O) groups is 2. The van der Waals surface area contributed by atoms with E-state index in [0.717, 1.165) is 29.3 Å². The first-order valence-corrected chi connectivity index (χ1v) is 6.06. The fourth-order valence-corrected chi connectivity index (χ4v) is 2.28. The zero-order valence-corrected chi connectivity index (χ0v) is 10.9. The second-order valence-electron chi connectivity index (χ2n) is 4.89. The van der Waals surface area contributed by atoms with Gasteiger partial charge in [-0.25, -0.2) is 0 Å². The van der Waals surface area contributed by atoms with Crippen molar-refractivity contribution in [1.82, 2.24) is 0 Å². The maximum absolute atomic E-state index is 11.2. The molecule has 0 amide bonds. The second kappa shape index (κ2) is 4.73. The van der Waals surface area contributed by atoms with Gasteiger partial charge in [-0.1, -0.05) is 32.0 Å². The second-order valence-corrected chi connectivity index (χ2v) is 4.89. The molecule has 0 heterocycles. The van der Waals surface area contributed by atoms with Crippen molar-refractivity contribution in [2.45, 2.75) is 26.7 Å². The van der Waals surface area contributed by atoms with E-state index in [1.165, 1.54) is 5.56 Å². The summed E-state index contributed by atoms with van der Waals surface area (Å²) in [6.07, 6.45) is 1.64.